The summed E-state index contributed by atoms with van der Waals surface area (Å²) in [6.07, 6.45) is 2.57. The van der Waals surface area contributed by atoms with Gasteiger partial charge < -0.3 is 19.3 Å². The number of anilines is 1. The van der Waals surface area contributed by atoms with Crippen LogP contribution in [0.5, 0.6) is 11.5 Å². The van der Waals surface area contributed by atoms with E-state index in [1.165, 1.54) is 7.11 Å². The summed E-state index contributed by atoms with van der Waals surface area (Å²) in [5.41, 5.74) is 0.994. The third-order valence-corrected chi connectivity index (χ3v) is 5.47. The van der Waals surface area contributed by atoms with Crippen molar-refractivity contribution in [1.29, 1.82) is 5.26 Å². The van der Waals surface area contributed by atoms with Gasteiger partial charge in [0.05, 0.1) is 24.3 Å². The van der Waals surface area contributed by atoms with Crippen LogP contribution in [0.4, 0.5) is 5.82 Å². The van der Waals surface area contributed by atoms with Crippen molar-refractivity contribution in [2.75, 3.05) is 44.8 Å². The molecule has 1 aromatic heterocycles. The molecule has 0 spiro atoms. The van der Waals surface area contributed by atoms with E-state index in [-0.39, 0.29) is 5.91 Å². The van der Waals surface area contributed by atoms with Gasteiger partial charge in [0, 0.05) is 37.9 Å². The fourth-order valence-electron chi connectivity index (χ4n) is 3.42. The molecule has 164 valence electrons. The van der Waals surface area contributed by atoms with E-state index >= 15 is 0 Å². The smallest absolute Gasteiger partial charge is 0.254 e. The van der Waals surface area contributed by atoms with Gasteiger partial charge in [-0.1, -0.05) is 25.4 Å². The highest BCUT2D eigenvalue weighted by Crippen LogP contribution is 2.37. The van der Waals surface area contributed by atoms with Crippen LogP contribution in [0.3, 0.4) is 0 Å². The van der Waals surface area contributed by atoms with Gasteiger partial charge in [-0.05, 0) is 36.6 Å². The number of pyridine rings is 1. The summed E-state index contributed by atoms with van der Waals surface area (Å²) in [6, 6.07) is 8.98. The zero-order valence-corrected chi connectivity index (χ0v) is 18.9. The zero-order chi connectivity index (χ0) is 22.4. The first-order valence-electron chi connectivity index (χ1n) is 10.3. The molecule has 0 aliphatic carbocycles. The van der Waals surface area contributed by atoms with E-state index in [0.717, 1.165) is 6.42 Å². The van der Waals surface area contributed by atoms with Gasteiger partial charge in [0.15, 0.2) is 11.5 Å². The second kappa shape index (κ2) is 10.4. The Hall–Kier alpha value is -2.98. The Morgan fingerprint density at radius 1 is 1.29 bits per heavy atom. The Morgan fingerprint density at radius 3 is 2.68 bits per heavy atom. The van der Waals surface area contributed by atoms with E-state index < -0.39 is 0 Å². The SMILES string of the molecule is COc1cc(C(=O)N2CCN(c3ncccc3C#N)CC2)cc(Cl)c1OCCC(C)C. The number of hydrogen-bond acceptors (Lipinski definition) is 6. The molecule has 1 aromatic carbocycles. The van der Waals surface area contributed by atoms with E-state index in [2.05, 4.69) is 24.9 Å². The van der Waals surface area contributed by atoms with Crippen LogP contribution in [0.25, 0.3) is 0 Å². The second-order valence-electron chi connectivity index (χ2n) is 7.79. The van der Waals surface area contributed by atoms with Crippen molar-refractivity contribution in [3.05, 3.63) is 46.6 Å². The third kappa shape index (κ3) is 5.39. The summed E-state index contributed by atoms with van der Waals surface area (Å²) in [6.45, 7) is 7.01. The normalized spacial score (nSPS) is 13.8. The molecule has 2 heterocycles. The maximum absolute atomic E-state index is 13.1. The number of carbonyl (C=O) groups excluding carboxylic acids is 1. The Balaban J connectivity index is 1.69. The number of nitriles is 1. The van der Waals surface area contributed by atoms with E-state index in [9.17, 15) is 10.1 Å². The number of hydrogen-bond donors (Lipinski definition) is 0. The van der Waals surface area contributed by atoms with E-state index in [1.807, 2.05) is 4.90 Å². The number of amides is 1. The first-order chi connectivity index (χ1) is 14.9. The minimum atomic E-state index is -0.116. The Kier molecular flexibility index (Phi) is 7.59. The average molecular weight is 443 g/mol. The predicted molar refractivity (Wildman–Crippen MR) is 120 cm³/mol. The highest BCUT2D eigenvalue weighted by atomic mass is 35.5. The van der Waals surface area contributed by atoms with Crippen LogP contribution in [-0.2, 0) is 0 Å². The molecule has 8 heteroatoms. The lowest BCUT2D eigenvalue weighted by Crippen LogP contribution is -2.49. The molecule has 31 heavy (non-hydrogen) atoms. The minimum absolute atomic E-state index is 0.116. The van der Waals surface area contributed by atoms with Crippen LogP contribution in [0.15, 0.2) is 30.5 Å². The highest BCUT2D eigenvalue weighted by Gasteiger charge is 2.25. The van der Waals surface area contributed by atoms with Crippen LogP contribution < -0.4 is 14.4 Å². The fourth-order valence-corrected chi connectivity index (χ4v) is 3.69. The molecule has 0 unspecified atom stereocenters. The topological polar surface area (TPSA) is 78.7 Å². The summed E-state index contributed by atoms with van der Waals surface area (Å²) in [5, 5.41) is 9.66. The molecule has 1 aliphatic rings. The number of nitrogens with zero attached hydrogens (tertiary/aromatic N) is 4. The molecule has 0 N–H and O–H groups in total. The number of ether oxygens (including phenoxy) is 2. The summed E-state index contributed by atoms with van der Waals surface area (Å²) in [4.78, 5) is 21.2. The molecule has 7 nitrogen and oxygen atoms in total. The van der Waals surface area contributed by atoms with Gasteiger partial charge in [-0.3, -0.25) is 4.79 Å². The number of aromatic nitrogens is 1. The van der Waals surface area contributed by atoms with Crippen LogP contribution in [-0.4, -0.2) is 55.7 Å². The van der Waals surface area contributed by atoms with Gasteiger partial charge in [-0.15, -0.1) is 0 Å². The second-order valence-corrected chi connectivity index (χ2v) is 8.19. The van der Waals surface area contributed by atoms with E-state index in [4.69, 9.17) is 21.1 Å². The third-order valence-electron chi connectivity index (χ3n) is 5.19. The van der Waals surface area contributed by atoms with Crippen LogP contribution in [0, 0.1) is 17.2 Å². The van der Waals surface area contributed by atoms with Crippen LogP contribution >= 0.6 is 11.6 Å². The maximum Gasteiger partial charge on any atom is 0.254 e. The molecular formula is C23H27ClN4O3. The Bertz CT molecular complexity index is 966. The molecule has 0 bridgehead atoms. The average Bonchev–Trinajstić information content (AvgIpc) is 2.79. The quantitative estimate of drug-likeness (QED) is 0.644. The number of benzene rings is 1. The lowest BCUT2D eigenvalue weighted by Gasteiger charge is -2.35. The Morgan fingerprint density at radius 2 is 2.03 bits per heavy atom. The maximum atomic E-state index is 13.1. The molecule has 0 radical (unpaired) electrons. The fraction of sp³-hybridized carbons (Fsp3) is 0.435. The minimum Gasteiger partial charge on any atom is -0.493 e. The molecule has 1 amide bonds. The van der Waals surface area contributed by atoms with Gasteiger partial charge >= 0.3 is 0 Å². The summed E-state index contributed by atoms with van der Waals surface area (Å²) >= 11 is 6.43. The number of methoxy groups -OCH3 is 1. The van der Waals surface area contributed by atoms with Gasteiger partial charge in [-0.2, -0.15) is 5.26 Å². The standard InChI is InChI=1S/C23H27ClN4O3/c1-16(2)6-12-31-21-19(24)13-18(14-20(21)30-3)23(29)28-10-8-27(9-11-28)22-17(15-25)5-4-7-26-22/h4-5,7,13-14,16H,6,8-12H2,1-3H3. The number of rotatable bonds is 7. The van der Waals surface area contributed by atoms with Crippen molar-refractivity contribution in [2.45, 2.75) is 20.3 Å². The van der Waals surface area contributed by atoms with Crippen molar-refractivity contribution in [1.82, 2.24) is 9.88 Å². The number of halogens is 1. The molecular weight excluding hydrogens is 416 g/mol. The molecule has 0 saturated carbocycles. The number of carbonyl (C=O) groups is 1. The summed E-state index contributed by atoms with van der Waals surface area (Å²) < 4.78 is 11.2. The lowest BCUT2D eigenvalue weighted by molar-refractivity contribution is 0.0746. The van der Waals surface area contributed by atoms with E-state index in [1.54, 1.807) is 35.4 Å². The van der Waals surface area contributed by atoms with Gasteiger partial charge in [0.25, 0.3) is 5.91 Å². The van der Waals surface area contributed by atoms with Gasteiger partial charge in [0.1, 0.15) is 11.9 Å². The van der Waals surface area contributed by atoms with Crippen molar-refractivity contribution >= 4 is 23.3 Å². The molecule has 2 aromatic rings. The first kappa shape index (κ1) is 22.7. The lowest BCUT2D eigenvalue weighted by atomic mass is 10.1. The molecule has 1 aliphatic heterocycles. The van der Waals surface area contributed by atoms with Crippen LogP contribution in [0.1, 0.15) is 36.2 Å². The van der Waals surface area contributed by atoms with Crippen molar-refractivity contribution in [2.24, 2.45) is 5.92 Å². The predicted octanol–water partition coefficient (Wildman–Crippen LogP) is 4.00. The van der Waals surface area contributed by atoms with Crippen molar-refractivity contribution < 1.29 is 14.3 Å². The van der Waals surface area contributed by atoms with Crippen LogP contribution in [0.2, 0.25) is 5.02 Å². The van der Waals surface area contributed by atoms with Gasteiger partial charge in [0.2, 0.25) is 0 Å². The van der Waals surface area contributed by atoms with Crippen molar-refractivity contribution in [3.63, 3.8) is 0 Å². The monoisotopic (exact) mass is 442 g/mol. The first-order valence-corrected chi connectivity index (χ1v) is 10.7. The number of piperazine rings is 1. The molecule has 0 atom stereocenters. The zero-order valence-electron chi connectivity index (χ0n) is 18.1. The molecule has 1 saturated heterocycles. The molecule has 3 rings (SSSR count). The summed E-state index contributed by atoms with van der Waals surface area (Å²) in [5.74, 6) is 1.97. The highest BCUT2D eigenvalue weighted by molar-refractivity contribution is 6.32. The largest absolute Gasteiger partial charge is 0.493 e. The van der Waals surface area contributed by atoms with E-state index in [0.29, 0.717) is 72.2 Å². The van der Waals surface area contributed by atoms with Crippen molar-refractivity contribution in [3.8, 4) is 17.6 Å². The van der Waals surface area contributed by atoms with Gasteiger partial charge in [-0.25, -0.2) is 4.98 Å². The Labute approximate surface area is 188 Å². The molecule has 1 fully saturated rings. The summed E-state index contributed by atoms with van der Waals surface area (Å²) in [7, 11) is 1.54.